The number of halogens is 2. The van der Waals surface area contributed by atoms with Gasteiger partial charge in [0.2, 0.25) is 0 Å². The van der Waals surface area contributed by atoms with Gasteiger partial charge in [0.25, 0.3) is 0 Å². The van der Waals surface area contributed by atoms with E-state index >= 15 is 0 Å². The van der Waals surface area contributed by atoms with E-state index in [1.54, 1.807) is 0 Å². The van der Waals surface area contributed by atoms with Crippen LogP contribution in [0.15, 0.2) is 30.4 Å². The number of allylic oxidation sites excluding steroid dienone is 2. The van der Waals surface area contributed by atoms with Crippen LogP contribution in [0.25, 0.3) is 0 Å². The number of carbonyl (C=O) groups excluding carboxylic acids is 1. The zero-order valence-electron chi connectivity index (χ0n) is 12.9. The average molecular weight is 308 g/mol. The van der Waals surface area contributed by atoms with Gasteiger partial charge in [-0.1, -0.05) is 12.2 Å². The Morgan fingerprint density at radius 2 is 1.95 bits per heavy atom. The fourth-order valence-corrected chi connectivity index (χ4v) is 2.93. The van der Waals surface area contributed by atoms with Gasteiger partial charge in [0.15, 0.2) is 11.6 Å². The molecule has 2 nitrogen and oxygen atoms in total. The Bertz CT molecular complexity index is 532. The lowest BCUT2D eigenvalue weighted by molar-refractivity contribution is -0.140. The first-order chi connectivity index (χ1) is 10.6. The van der Waals surface area contributed by atoms with Crippen molar-refractivity contribution in [3.8, 4) is 5.75 Å². The van der Waals surface area contributed by atoms with E-state index in [9.17, 15) is 13.6 Å². The monoisotopic (exact) mass is 308 g/mol. The summed E-state index contributed by atoms with van der Waals surface area (Å²) in [5.41, 5.74) is 0. The van der Waals surface area contributed by atoms with E-state index in [-0.39, 0.29) is 17.6 Å². The minimum atomic E-state index is -1.00. The SMILES string of the molecule is C/C=C/CC[C@H]1CC[C@H](C(=O)Oc2ccc(F)c(F)c2)CC1. The molecule has 1 fully saturated rings. The maximum absolute atomic E-state index is 13.1. The van der Waals surface area contributed by atoms with Crippen LogP contribution in [-0.2, 0) is 4.79 Å². The molecular weight excluding hydrogens is 286 g/mol. The molecule has 22 heavy (non-hydrogen) atoms. The van der Waals surface area contributed by atoms with Crippen molar-refractivity contribution in [1.29, 1.82) is 0 Å². The number of esters is 1. The topological polar surface area (TPSA) is 26.3 Å². The highest BCUT2D eigenvalue weighted by Crippen LogP contribution is 2.32. The molecule has 1 aromatic rings. The summed E-state index contributed by atoms with van der Waals surface area (Å²) in [6, 6.07) is 3.16. The predicted molar refractivity (Wildman–Crippen MR) is 81.5 cm³/mol. The molecule has 0 heterocycles. The van der Waals surface area contributed by atoms with E-state index in [1.165, 1.54) is 6.07 Å². The molecule has 0 saturated heterocycles. The second-order valence-electron chi connectivity index (χ2n) is 5.86. The van der Waals surface area contributed by atoms with Gasteiger partial charge in [0, 0.05) is 6.07 Å². The Morgan fingerprint density at radius 1 is 1.23 bits per heavy atom. The number of benzene rings is 1. The van der Waals surface area contributed by atoms with Gasteiger partial charge < -0.3 is 4.74 Å². The highest BCUT2D eigenvalue weighted by molar-refractivity contribution is 5.75. The minimum Gasteiger partial charge on any atom is -0.426 e. The molecular formula is C18H22F2O2. The number of hydrogen-bond donors (Lipinski definition) is 0. The first kappa shape index (κ1) is 16.7. The molecule has 0 aromatic heterocycles. The number of hydrogen-bond acceptors (Lipinski definition) is 2. The van der Waals surface area contributed by atoms with Crippen LogP contribution in [0.5, 0.6) is 5.75 Å². The summed E-state index contributed by atoms with van der Waals surface area (Å²) >= 11 is 0. The van der Waals surface area contributed by atoms with Gasteiger partial charge in [-0.3, -0.25) is 4.79 Å². The summed E-state index contributed by atoms with van der Waals surface area (Å²) in [5.74, 6) is -1.67. The lowest BCUT2D eigenvalue weighted by atomic mass is 9.80. The fourth-order valence-electron chi connectivity index (χ4n) is 2.93. The first-order valence-corrected chi connectivity index (χ1v) is 7.88. The van der Waals surface area contributed by atoms with Gasteiger partial charge in [0.05, 0.1) is 5.92 Å². The molecule has 1 aliphatic rings. The lowest BCUT2D eigenvalue weighted by Crippen LogP contribution is -2.25. The summed E-state index contributed by atoms with van der Waals surface area (Å²) in [6.45, 7) is 2.02. The maximum Gasteiger partial charge on any atom is 0.314 e. The fraction of sp³-hybridized carbons (Fsp3) is 0.500. The summed E-state index contributed by atoms with van der Waals surface area (Å²) < 4.78 is 31.1. The molecule has 0 N–H and O–H groups in total. The standard InChI is InChI=1S/C18H22F2O2/c1-2-3-4-5-13-6-8-14(9-7-13)18(21)22-15-10-11-16(19)17(20)12-15/h2-3,10-14H,4-9H2,1H3/b3-2+/t13-,14-. The van der Waals surface area contributed by atoms with E-state index in [0.717, 1.165) is 50.7 Å². The first-order valence-electron chi connectivity index (χ1n) is 7.88. The van der Waals surface area contributed by atoms with Crippen molar-refractivity contribution in [3.05, 3.63) is 42.0 Å². The highest BCUT2D eigenvalue weighted by Gasteiger charge is 2.27. The second kappa shape index (κ2) is 8.06. The van der Waals surface area contributed by atoms with Crippen molar-refractivity contribution in [2.75, 3.05) is 0 Å². The molecule has 1 aliphatic carbocycles. The average Bonchev–Trinajstić information content (AvgIpc) is 2.52. The summed E-state index contributed by atoms with van der Waals surface area (Å²) in [4.78, 5) is 12.1. The van der Waals surface area contributed by atoms with Crippen LogP contribution < -0.4 is 4.74 Å². The van der Waals surface area contributed by atoms with Crippen molar-refractivity contribution in [3.63, 3.8) is 0 Å². The predicted octanol–water partition coefficient (Wildman–Crippen LogP) is 5.03. The molecule has 1 aromatic carbocycles. The van der Waals surface area contributed by atoms with Crippen molar-refractivity contribution in [2.45, 2.75) is 45.4 Å². The van der Waals surface area contributed by atoms with Gasteiger partial charge in [-0.15, -0.1) is 0 Å². The highest BCUT2D eigenvalue weighted by atomic mass is 19.2. The van der Waals surface area contributed by atoms with Gasteiger partial charge in [-0.05, 0) is 63.5 Å². The van der Waals surface area contributed by atoms with Gasteiger partial charge in [-0.25, -0.2) is 8.78 Å². The third-order valence-electron chi connectivity index (χ3n) is 4.27. The van der Waals surface area contributed by atoms with Crippen LogP contribution in [0, 0.1) is 23.5 Å². The maximum atomic E-state index is 13.1. The van der Waals surface area contributed by atoms with Gasteiger partial charge >= 0.3 is 5.97 Å². The van der Waals surface area contributed by atoms with E-state index in [1.807, 2.05) is 6.92 Å². The van der Waals surface area contributed by atoms with Crippen LogP contribution in [0.1, 0.15) is 45.4 Å². The van der Waals surface area contributed by atoms with E-state index in [4.69, 9.17) is 4.74 Å². The van der Waals surface area contributed by atoms with Crippen LogP contribution in [-0.4, -0.2) is 5.97 Å². The molecule has 1 saturated carbocycles. The van der Waals surface area contributed by atoms with Gasteiger partial charge in [-0.2, -0.15) is 0 Å². The molecule has 2 rings (SSSR count). The Balaban J connectivity index is 1.80. The number of rotatable bonds is 5. The molecule has 0 radical (unpaired) electrons. The Hall–Kier alpha value is -1.71. The lowest BCUT2D eigenvalue weighted by Gasteiger charge is -2.26. The van der Waals surface area contributed by atoms with Crippen LogP contribution in [0.4, 0.5) is 8.78 Å². The van der Waals surface area contributed by atoms with Crippen LogP contribution in [0.3, 0.4) is 0 Å². The van der Waals surface area contributed by atoms with E-state index in [2.05, 4.69) is 12.2 Å². The summed E-state index contributed by atoms with van der Waals surface area (Å²) in [5, 5.41) is 0. The zero-order chi connectivity index (χ0) is 15.9. The molecule has 0 amide bonds. The van der Waals surface area contributed by atoms with Gasteiger partial charge in [0.1, 0.15) is 5.75 Å². The smallest absolute Gasteiger partial charge is 0.314 e. The number of ether oxygens (including phenoxy) is 1. The summed E-state index contributed by atoms with van der Waals surface area (Å²) in [7, 11) is 0. The van der Waals surface area contributed by atoms with Crippen molar-refractivity contribution < 1.29 is 18.3 Å². The number of carbonyl (C=O) groups is 1. The second-order valence-corrected chi connectivity index (χ2v) is 5.86. The molecule has 120 valence electrons. The Labute approximate surface area is 130 Å². The van der Waals surface area contributed by atoms with Crippen molar-refractivity contribution in [2.24, 2.45) is 11.8 Å². The zero-order valence-corrected chi connectivity index (χ0v) is 12.9. The third kappa shape index (κ3) is 4.65. The van der Waals surface area contributed by atoms with E-state index in [0.29, 0.717) is 5.92 Å². The van der Waals surface area contributed by atoms with Crippen molar-refractivity contribution >= 4 is 5.97 Å². The Kier molecular flexibility index (Phi) is 6.10. The van der Waals surface area contributed by atoms with Crippen LogP contribution >= 0.6 is 0 Å². The quantitative estimate of drug-likeness (QED) is 0.433. The van der Waals surface area contributed by atoms with Crippen LogP contribution in [0.2, 0.25) is 0 Å². The molecule has 4 heteroatoms. The largest absolute Gasteiger partial charge is 0.426 e. The normalized spacial score (nSPS) is 22.0. The Morgan fingerprint density at radius 3 is 2.59 bits per heavy atom. The molecule has 0 bridgehead atoms. The molecule has 0 aliphatic heterocycles. The summed E-state index contributed by atoms with van der Waals surface area (Å²) in [6.07, 6.45) is 10.1. The van der Waals surface area contributed by atoms with Crippen molar-refractivity contribution in [1.82, 2.24) is 0 Å². The van der Waals surface area contributed by atoms with E-state index < -0.39 is 11.6 Å². The third-order valence-corrected chi connectivity index (χ3v) is 4.27. The minimum absolute atomic E-state index is 0.0686. The molecule has 0 spiro atoms. The molecule has 0 atom stereocenters. The molecule has 0 unspecified atom stereocenters.